The molecule has 0 fully saturated rings. The second kappa shape index (κ2) is 5.10. The van der Waals surface area contributed by atoms with Crippen molar-refractivity contribution in [3.8, 4) is 0 Å². The quantitative estimate of drug-likeness (QED) is 0.812. The van der Waals surface area contributed by atoms with Crippen molar-refractivity contribution < 1.29 is 9.18 Å². The summed E-state index contributed by atoms with van der Waals surface area (Å²) >= 11 is 0. The minimum Gasteiger partial charge on any atom is -0.397 e. The van der Waals surface area contributed by atoms with Crippen LogP contribution in [-0.2, 0) is 0 Å². The molecule has 4 heteroatoms. The van der Waals surface area contributed by atoms with Crippen LogP contribution in [0.25, 0.3) is 0 Å². The molecule has 2 rings (SSSR count). The van der Waals surface area contributed by atoms with Gasteiger partial charge in [0, 0.05) is 0 Å². The van der Waals surface area contributed by atoms with Gasteiger partial charge in [-0.2, -0.15) is 0 Å². The molecule has 0 atom stereocenters. The van der Waals surface area contributed by atoms with E-state index >= 15 is 0 Å². The van der Waals surface area contributed by atoms with Crippen LogP contribution in [-0.4, -0.2) is 5.91 Å². The predicted molar refractivity (Wildman–Crippen MR) is 74.7 cm³/mol. The van der Waals surface area contributed by atoms with E-state index in [1.54, 1.807) is 25.1 Å². The Balaban J connectivity index is 2.25. The fraction of sp³-hybridized carbons (Fsp3) is 0.133. The van der Waals surface area contributed by atoms with Crippen LogP contribution >= 0.6 is 0 Å². The van der Waals surface area contributed by atoms with Gasteiger partial charge in [-0.1, -0.05) is 12.1 Å². The molecule has 0 aliphatic rings. The molecule has 0 aliphatic carbocycles. The summed E-state index contributed by atoms with van der Waals surface area (Å²) in [5, 5.41) is 2.61. The van der Waals surface area contributed by atoms with Gasteiger partial charge in [-0.25, -0.2) is 4.39 Å². The highest BCUT2D eigenvalue weighted by atomic mass is 19.1. The molecule has 1 amide bonds. The lowest BCUT2D eigenvalue weighted by Gasteiger charge is -2.09. The molecule has 0 heterocycles. The number of nitrogens with one attached hydrogen (secondary N) is 1. The summed E-state index contributed by atoms with van der Waals surface area (Å²) < 4.78 is 13.7. The lowest BCUT2D eigenvalue weighted by molar-refractivity contribution is 0.102. The van der Waals surface area contributed by atoms with Crippen LogP contribution in [0.2, 0.25) is 0 Å². The zero-order chi connectivity index (χ0) is 14.0. The monoisotopic (exact) mass is 258 g/mol. The highest BCUT2D eigenvalue weighted by Crippen LogP contribution is 2.21. The molecule has 3 N–H and O–H groups in total. The van der Waals surface area contributed by atoms with Gasteiger partial charge >= 0.3 is 0 Å². The van der Waals surface area contributed by atoms with Crippen molar-refractivity contribution in [3.05, 3.63) is 58.9 Å². The van der Waals surface area contributed by atoms with Gasteiger partial charge in [0.05, 0.1) is 16.9 Å². The van der Waals surface area contributed by atoms with E-state index in [0.29, 0.717) is 11.4 Å². The summed E-state index contributed by atoms with van der Waals surface area (Å²) in [5.74, 6) is -1.05. The molecule has 0 unspecified atom stereocenters. The first-order chi connectivity index (χ1) is 8.97. The molecule has 2 aromatic carbocycles. The number of carbonyl (C=O) groups is 1. The molecule has 0 aliphatic heterocycles. The Hall–Kier alpha value is -2.36. The van der Waals surface area contributed by atoms with Gasteiger partial charge < -0.3 is 11.1 Å². The van der Waals surface area contributed by atoms with E-state index in [9.17, 15) is 9.18 Å². The van der Waals surface area contributed by atoms with Crippen molar-refractivity contribution in [2.24, 2.45) is 0 Å². The highest BCUT2D eigenvalue weighted by molar-refractivity contribution is 6.05. The lowest BCUT2D eigenvalue weighted by atomic mass is 10.1. The SMILES string of the molecule is Cc1ccc(NC(=O)c2ccc(C)cc2F)c(N)c1. The van der Waals surface area contributed by atoms with Gasteiger partial charge in [-0.3, -0.25) is 4.79 Å². The maximum absolute atomic E-state index is 13.7. The maximum atomic E-state index is 13.7. The molecule has 0 radical (unpaired) electrons. The number of nitrogens with two attached hydrogens (primary N) is 1. The van der Waals surface area contributed by atoms with Gasteiger partial charge in [-0.05, 0) is 49.2 Å². The average molecular weight is 258 g/mol. The molecule has 0 bridgehead atoms. The second-order valence-corrected chi connectivity index (χ2v) is 4.53. The Morgan fingerprint density at radius 1 is 1.11 bits per heavy atom. The number of aryl methyl sites for hydroxylation is 2. The van der Waals surface area contributed by atoms with E-state index < -0.39 is 11.7 Å². The minimum absolute atomic E-state index is 0.00516. The predicted octanol–water partition coefficient (Wildman–Crippen LogP) is 3.28. The Kier molecular flexibility index (Phi) is 3.51. The Morgan fingerprint density at radius 2 is 1.74 bits per heavy atom. The van der Waals surface area contributed by atoms with Crippen molar-refractivity contribution in [1.82, 2.24) is 0 Å². The normalized spacial score (nSPS) is 10.3. The molecule has 98 valence electrons. The van der Waals surface area contributed by atoms with E-state index in [0.717, 1.165) is 11.1 Å². The topological polar surface area (TPSA) is 55.1 Å². The van der Waals surface area contributed by atoms with Crippen molar-refractivity contribution in [2.45, 2.75) is 13.8 Å². The lowest BCUT2D eigenvalue weighted by Crippen LogP contribution is -2.15. The van der Waals surface area contributed by atoms with Gasteiger partial charge in [0.15, 0.2) is 0 Å². The number of nitrogen functional groups attached to an aromatic ring is 1. The van der Waals surface area contributed by atoms with Crippen molar-refractivity contribution in [1.29, 1.82) is 0 Å². The third kappa shape index (κ3) is 2.91. The van der Waals surface area contributed by atoms with Gasteiger partial charge in [0.25, 0.3) is 5.91 Å². The molecule has 0 spiro atoms. The first kappa shape index (κ1) is 13.1. The van der Waals surface area contributed by atoms with Crippen LogP contribution in [0.3, 0.4) is 0 Å². The van der Waals surface area contributed by atoms with Crippen LogP contribution in [0.4, 0.5) is 15.8 Å². The Bertz CT molecular complexity index is 638. The number of benzene rings is 2. The van der Waals surface area contributed by atoms with Crippen molar-refractivity contribution in [2.75, 3.05) is 11.1 Å². The summed E-state index contributed by atoms with van der Waals surface area (Å²) in [6, 6.07) is 9.77. The number of hydrogen-bond acceptors (Lipinski definition) is 2. The summed E-state index contributed by atoms with van der Waals surface area (Å²) in [6.07, 6.45) is 0. The first-order valence-electron chi connectivity index (χ1n) is 5.91. The molecule has 19 heavy (non-hydrogen) atoms. The molecular formula is C15H15FN2O. The zero-order valence-corrected chi connectivity index (χ0v) is 10.8. The van der Waals surface area contributed by atoms with E-state index in [4.69, 9.17) is 5.73 Å². The zero-order valence-electron chi connectivity index (χ0n) is 10.8. The molecule has 0 saturated carbocycles. The first-order valence-corrected chi connectivity index (χ1v) is 5.91. The highest BCUT2D eigenvalue weighted by Gasteiger charge is 2.12. The summed E-state index contributed by atoms with van der Waals surface area (Å²) in [5.41, 5.74) is 8.51. The van der Waals surface area contributed by atoms with Gasteiger partial charge in [0.1, 0.15) is 5.82 Å². The fourth-order valence-corrected chi connectivity index (χ4v) is 1.79. The fourth-order valence-electron chi connectivity index (χ4n) is 1.79. The number of amides is 1. The smallest absolute Gasteiger partial charge is 0.258 e. The molecular weight excluding hydrogens is 243 g/mol. The van der Waals surface area contributed by atoms with Crippen LogP contribution < -0.4 is 11.1 Å². The maximum Gasteiger partial charge on any atom is 0.258 e. The number of anilines is 2. The van der Waals surface area contributed by atoms with E-state index in [1.165, 1.54) is 12.1 Å². The molecule has 0 saturated heterocycles. The van der Waals surface area contributed by atoms with Crippen LogP contribution in [0.1, 0.15) is 21.5 Å². The second-order valence-electron chi connectivity index (χ2n) is 4.53. The third-order valence-corrected chi connectivity index (χ3v) is 2.82. The summed E-state index contributed by atoms with van der Waals surface area (Å²) in [6.45, 7) is 3.67. The summed E-state index contributed by atoms with van der Waals surface area (Å²) in [4.78, 5) is 12.0. The molecule has 2 aromatic rings. The van der Waals surface area contributed by atoms with E-state index in [1.807, 2.05) is 13.0 Å². The average Bonchev–Trinajstić information content (AvgIpc) is 2.32. The standard InChI is InChI=1S/C15H15FN2O/c1-9-3-5-11(12(16)7-9)15(19)18-14-6-4-10(2)8-13(14)17/h3-8H,17H2,1-2H3,(H,18,19). The Labute approximate surface area is 111 Å². The molecule has 3 nitrogen and oxygen atoms in total. The third-order valence-electron chi connectivity index (χ3n) is 2.82. The van der Waals surface area contributed by atoms with Gasteiger partial charge in [-0.15, -0.1) is 0 Å². The van der Waals surface area contributed by atoms with Crippen LogP contribution in [0.5, 0.6) is 0 Å². The molecule has 0 aromatic heterocycles. The van der Waals surface area contributed by atoms with E-state index in [-0.39, 0.29) is 5.56 Å². The minimum atomic E-state index is -0.539. The summed E-state index contributed by atoms with van der Waals surface area (Å²) in [7, 11) is 0. The number of carbonyl (C=O) groups excluding carboxylic acids is 1. The van der Waals surface area contributed by atoms with Crippen LogP contribution in [0, 0.1) is 19.7 Å². The van der Waals surface area contributed by atoms with Crippen LogP contribution in [0.15, 0.2) is 36.4 Å². The number of rotatable bonds is 2. The van der Waals surface area contributed by atoms with Gasteiger partial charge in [0.2, 0.25) is 0 Å². The van der Waals surface area contributed by atoms with E-state index in [2.05, 4.69) is 5.32 Å². The van der Waals surface area contributed by atoms with Crippen molar-refractivity contribution in [3.63, 3.8) is 0 Å². The number of halogens is 1. The van der Waals surface area contributed by atoms with Crippen molar-refractivity contribution >= 4 is 17.3 Å². The largest absolute Gasteiger partial charge is 0.397 e. The number of hydrogen-bond donors (Lipinski definition) is 2. The Morgan fingerprint density at radius 3 is 2.37 bits per heavy atom.